The first-order valence-electron chi connectivity index (χ1n) is 7.39. The van der Waals surface area contributed by atoms with Crippen LogP contribution in [-0.2, 0) is 4.79 Å². The predicted octanol–water partition coefficient (Wildman–Crippen LogP) is 1.48. The van der Waals surface area contributed by atoms with Crippen molar-refractivity contribution < 1.29 is 9.90 Å². The Morgan fingerprint density at radius 1 is 1.06 bits per heavy atom. The molecule has 0 aliphatic carbocycles. The van der Waals surface area contributed by atoms with Crippen LogP contribution in [0.25, 0.3) is 0 Å². The van der Waals surface area contributed by atoms with Gasteiger partial charge < -0.3 is 10.0 Å². The topological polar surface area (TPSA) is 43.8 Å². The Morgan fingerprint density at radius 2 is 1.72 bits per heavy atom. The average molecular weight is 256 g/mol. The smallest absolute Gasteiger partial charge is 0.222 e. The van der Waals surface area contributed by atoms with E-state index in [9.17, 15) is 4.79 Å². The summed E-state index contributed by atoms with van der Waals surface area (Å²) in [6, 6.07) is 0. The van der Waals surface area contributed by atoms with Crippen LogP contribution in [0.5, 0.6) is 0 Å². The van der Waals surface area contributed by atoms with E-state index in [2.05, 4.69) is 11.8 Å². The molecule has 0 unspecified atom stereocenters. The molecule has 0 spiro atoms. The molecule has 4 nitrogen and oxygen atoms in total. The van der Waals surface area contributed by atoms with Gasteiger partial charge in [0.2, 0.25) is 5.91 Å². The number of hydrogen-bond acceptors (Lipinski definition) is 3. The minimum atomic E-state index is 0.214. The molecule has 0 aromatic rings. The van der Waals surface area contributed by atoms with E-state index in [-0.39, 0.29) is 6.61 Å². The number of aliphatic hydroxyl groups excluding tert-OH is 1. The Morgan fingerprint density at radius 3 is 2.33 bits per heavy atom. The van der Waals surface area contributed by atoms with E-state index in [0.717, 1.165) is 39.1 Å². The molecule has 0 radical (unpaired) electrons. The number of nitrogens with zero attached hydrogens (tertiary/aromatic N) is 2. The molecule has 1 heterocycles. The molecule has 0 aromatic carbocycles. The Balaban J connectivity index is 2.08. The number of hydrogen-bond donors (Lipinski definition) is 1. The highest BCUT2D eigenvalue weighted by molar-refractivity contribution is 5.76. The molecule has 1 aliphatic rings. The number of unbranched alkanes of at least 4 members (excludes halogenated alkanes) is 4. The highest BCUT2D eigenvalue weighted by Gasteiger charge is 2.19. The number of piperazine rings is 1. The van der Waals surface area contributed by atoms with Crippen LogP contribution in [0.3, 0.4) is 0 Å². The maximum absolute atomic E-state index is 12.0. The normalized spacial score (nSPS) is 17.1. The summed E-state index contributed by atoms with van der Waals surface area (Å²) in [6.07, 6.45) is 6.73. The lowest BCUT2D eigenvalue weighted by Crippen LogP contribution is -2.49. The van der Waals surface area contributed by atoms with Gasteiger partial charge in [-0.05, 0) is 6.42 Å². The predicted molar refractivity (Wildman–Crippen MR) is 73.5 cm³/mol. The maximum atomic E-state index is 12.0. The van der Waals surface area contributed by atoms with Crippen molar-refractivity contribution >= 4 is 5.91 Å². The molecule has 1 fully saturated rings. The molecule has 1 saturated heterocycles. The summed E-state index contributed by atoms with van der Waals surface area (Å²) in [7, 11) is 0. The van der Waals surface area contributed by atoms with E-state index >= 15 is 0 Å². The van der Waals surface area contributed by atoms with Gasteiger partial charge in [-0.25, -0.2) is 0 Å². The number of rotatable bonds is 8. The Labute approximate surface area is 111 Å². The third kappa shape index (κ3) is 5.83. The fourth-order valence-corrected chi connectivity index (χ4v) is 2.40. The van der Waals surface area contributed by atoms with Crippen molar-refractivity contribution in [1.82, 2.24) is 9.80 Å². The van der Waals surface area contributed by atoms with Crippen LogP contribution in [0.4, 0.5) is 0 Å². The van der Waals surface area contributed by atoms with Crippen LogP contribution in [0, 0.1) is 0 Å². The zero-order chi connectivity index (χ0) is 13.2. The number of aliphatic hydroxyl groups is 1. The molecule has 0 saturated carbocycles. The number of β-amino-alcohol motifs (C(OH)–C–C–N with tert-alkyl or cyclic N) is 1. The van der Waals surface area contributed by atoms with Gasteiger partial charge in [0, 0.05) is 39.1 Å². The van der Waals surface area contributed by atoms with E-state index in [4.69, 9.17) is 5.11 Å². The van der Waals surface area contributed by atoms with Crippen LogP contribution in [0.1, 0.15) is 45.4 Å². The highest BCUT2D eigenvalue weighted by Crippen LogP contribution is 2.09. The molecule has 1 rings (SSSR count). The fourth-order valence-electron chi connectivity index (χ4n) is 2.40. The zero-order valence-corrected chi connectivity index (χ0v) is 11.7. The quantitative estimate of drug-likeness (QED) is 0.669. The lowest BCUT2D eigenvalue weighted by Gasteiger charge is -2.34. The van der Waals surface area contributed by atoms with E-state index in [1.54, 1.807) is 0 Å². The summed E-state index contributed by atoms with van der Waals surface area (Å²) in [5, 5.41) is 8.86. The standard InChI is InChI=1S/C14H28N2O2/c1-2-3-4-5-6-7-14(18)16-10-8-15(9-11-16)12-13-17/h17H,2-13H2,1H3. The number of carbonyl (C=O) groups excluding carboxylic acids is 1. The third-order valence-electron chi connectivity index (χ3n) is 3.64. The molecule has 1 aliphatic heterocycles. The summed E-state index contributed by atoms with van der Waals surface area (Å²) in [5.41, 5.74) is 0. The van der Waals surface area contributed by atoms with Crippen molar-refractivity contribution in [2.24, 2.45) is 0 Å². The van der Waals surface area contributed by atoms with Gasteiger partial charge >= 0.3 is 0 Å². The summed E-state index contributed by atoms with van der Waals surface area (Å²) in [6.45, 7) is 6.62. The molecule has 1 amide bonds. The Kier molecular flexibility index (Phi) is 8.01. The van der Waals surface area contributed by atoms with Crippen molar-refractivity contribution in [2.45, 2.75) is 45.4 Å². The minimum absolute atomic E-state index is 0.214. The van der Waals surface area contributed by atoms with Gasteiger partial charge in [0.15, 0.2) is 0 Å². The third-order valence-corrected chi connectivity index (χ3v) is 3.64. The summed E-state index contributed by atoms with van der Waals surface area (Å²) >= 11 is 0. The highest BCUT2D eigenvalue weighted by atomic mass is 16.3. The van der Waals surface area contributed by atoms with E-state index in [0.29, 0.717) is 12.3 Å². The molecule has 18 heavy (non-hydrogen) atoms. The SMILES string of the molecule is CCCCCCCC(=O)N1CCN(CCO)CC1. The van der Waals surface area contributed by atoms with Crippen LogP contribution in [-0.4, -0.2) is 60.1 Å². The lowest BCUT2D eigenvalue weighted by molar-refractivity contribution is -0.133. The molecule has 106 valence electrons. The molecule has 1 N–H and O–H groups in total. The summed E-state index contributed by atoms with van der Waals surface area (Å²) < 4.78 is 0. The second-order valence-electron chi connectivity index (χ2n) is 5.11. The van der Waals surface area contributed by atoms with E-state index in [1.165, 1.54) is 25.7 Å². The van der Waals surface area contributed by atoms with Gasteiger partial charge in [-0.2, -0.15) is 0 Å². The van der Waals surface area contributed by atoms with Crippen molar-refractivity contribution in [3.63, 3.8) is 0 Å². The van der Waals surface area contributed by atoms with Gasteiger partial charge in [-0.1, -0.05) is 32.6 Å². The lowest BCUT2D eigenvalue weighted by atomic mass is 10.1. The van der Waals surface area contributed by atoms with Crippen LogP contribution < -0.4 is 0 Å². The maximum Gasteiger partial charge on any atom is 0.222 e. The fraction of sp³-hybridized carbons (Fsp3) is 0.929. The summed E-state index contributed by atoms with van der Waals surface area (Å²) in [4.78, 5) is 16.1. The molecular formula is C14H28N2O2. The molecule has 0 bridgehead atoms. The van der Waals surface area contributed by atoms with Crippen molar-refractivity contribution in [2.75, 3.05) is 39.3 Å². The molecule has 0 atom stereocenters. The van der Waals surface area contributed by atoms with E-state index in [1.807, 2.05) is 4.90 Å². The Hall–Kier alpha value is -0.610. The minimum Gasteiger partial charge on any atom is -0.395 e. The van der Waals surface area contributed by atoms with Gasteiger partial charge in [0.05, 0.1) is 6.61 Å². The molecule has 4 heteroatoms. The van der Waals surface area contributed by atoms with Gasteiger partial charge in [0.1, 0.15) is 0 Å². The van der Waals surface area contributed by atoms with Gasteiger partial charge in [-0.15, -0.1) is 0 Å². The molecular weight excluding hydrogens is 228 g/mol. The number of carbonyl (C=O) groups is 1. The van der Waals surface area contributed by atoms with Crippen molar-refractivity contribution in [3.8, 4) is 0 Å². The van der Waals surface area contributed by atoms with Gasteiger partial charge in [0.25, 0.3) is 0 Å². The van der Waals surface area contributed by atoms with Crippen molar-refractivity contribution in [1.29, 1.82) is 0 Å². The summed E-state index contributed by atoms with van der Waals surface area (Å²) in [5.74, 6) is 0.315. The largest absolute Gasteiger partial charge is 0.395 e. The van der Waals surface area contributed by atoms with Crippen LogP contribution in [0.2, 0.25) is 0 Å². The molecule has 0 aromatic heterocycles. The first-order valence-corrected chi connectivity index (χ1v) is 7.39. The van der Waals surface area contributed by atoms with Crippen LogP contribution in [0.15, 0.2) is 0 Å². The van der Waals surface area contributed by atoms with E-state index < -0.39 is 0 Å². The zero-order valence-electron chi connectivity index (χ0n) is 11.7. The first kappa shape index (κ1) is 15.4. The average Bonchev–Trinajstić information content (AvgIpc) is 2.39. The second kappa shape index (κ2) is 9.34. The monoisotopic (exact) mass is 256 g/mol. The van der Waals surface area contributed by atoms with Gasteiger partial charge in [-0.3, -0.25) is 9.69 Å². The first-order chi connectivity index (χ1) is 8.77. The van der Waals surface area contributed by atoms with Crippen LogP contribution >= 0.6 is 0 Å². The van der Waals surface area contributed by atoms with Crippen molar-refractivity contribution in [3.05, 3.63) is 0 Å². The number of amides is 1. The second-order valence-corrected chi connectivity index (χ2v) is 5.11. The Bertz CT molecular complexity index is 226.